The van der Waals surface area contributed by atoms with Crippen LogP contribution < -0.4 is 9.47 Å². The summed E-state index contributed by atoms with van der Waals surface area (Å²) in [6.07, 6.45) is 6.82. The smallest absolute Gasteiger partial charge is 0.264 e. The molecule has 0 spiro atoms. The molecule has 0 saturated heterocycles. The van der Waals surface area contributed by atoms with Gasteiger partial charge in [0.2, 0.25) is 6.41 Å². The van der Waals surface area contributed by atoms with E-state index in [2.05, 4.69) is 6.58 Å². The lowest BCUT2D eigenvalue weighted by atomic mass is 9.97. The summed E-state index contributed by atoms with van der Waals surface area (Å²) in [5, 5.41) is 0. The summed E-state index contributed by atoms with van der Waals surface area (Å²) >= 11 is 0. The highest BCUT2D eigenvalue weighted by Crippen LogP contribution is 2.41. The fraction of sp³-hybridized carbons (Fsp3) is 0.194. The van der Waals surface area contributed by atoms with E-state index in [1.165, 1.54) is 13.2 Å². The van der Waals surface area contributed by atoms with Crippen LogP contribution in [0.1, 0.15) is 31.9 Å². The molecule has 0 atom stereocenters. The molecule has 7 nitrogen and oxygen atoms in total. The van der Waals surface area contributed by atoms with E-state index in [1.54, 1.807) is 54.5 Å². The van der Waals surface area contributed by atoms with E-state index in [4.69, 9.17) is 9.47 Å². The van der Waals surface area contributed by atoms with Gasteiger partial charge in [-0.15, -0.1) is 0 Å². The largest absolute Gasteiger partial charge is 0.497 e. The average Bonchev–Trinajstić information content (AvgIpc) is 3.20. The number of hydrogen-bond donors (Lipinski definition) is 0. The maximum atomic E-state index is 14.0. The maximum Gasteiger partial charge on any atom is 0.264 e. The number of carbonyl (C=O) groups excluding carboxylic acids is 3. The molecular weight excluding hydrogens is 480 g/mol. The molecule has 0 radical (unpaired) electrons. The first-order chi connectivity index (χ1) is 18.4. The zero-order valence-corrected chi connectivity index (χ0v) is 22.4. The molecule has 2 aromatic rings. The number of methoxy groups -OCH3 is 2. The summed E-state index contributed by atoms with van der Waals surface area (Å²) in [5.41, 5.74) is 3.16. The van der Waals surface area contributed by atoms with Crippen molar-refractivity contribution in [2.24, 2.45) is 0 Å². The molecule has 38 heavy (non-hydrogen) atoms. The molecule has 0 bridgehead atoms. The van der Waals surface area contributed by atoms with Crippen molar-refractivity contribution in [3.63, 3.8) is 0 Å². The number of rotatable bonds is 10. The average molecular weight is 513 g/mol. The molecule has 1 heterocycles. The number of allylic oxidation sites excluding steroid dienone is 3. The van der Waals surface area contributed by atoms with Crippen LogP contribution in [0.2, 0.25) is 0 Å². The topological polar surface area (TPSA) is 76.2 Å². The Morgan fingerprint density at radius 2 is 1.74 bits per heavy atom. The second kappa shape index (κ2) is 12.5. The van der Waals surface area contributed by atoms with E-state index in [0.29, 0.717) is 41.3 Å². The van der Waals surface area contributed by atoms with Gasteiger partial charge in [0.05, 0.1) is 31.2 Å². The van der Waals surface area contributed by atoms with Gasteiger partial charge >= 0.3 is 0 Å². The van der Waals surface area contributed by atoms with Gasteiger partial charge in [-0.05, 0) is 56.7 Å². The Morgan fingerprint density at radius 3 is 2.32 bits per heavy atom. The van der Waals surface area contributed by atoms with Gasteiger partial charge in [-0.1, -0.05) is 49.1 Å². The minimum absolute atomic E-state index is 0.163. The number of hydrogen-bond acceptors (Lipinski definition) is 5. The highest BCUT2D eigenvalue weighted by Gasteiger charge is 2.38. The van der Waals surface area contributed by atoms with Crippen LogP contribution in [-0.2, 0) is 14.4 Å². The number of benzene rings is 2. The Kier molecular flexibility index (Phi) is 9.22. The first-order valence-electron chi connectivity index (χ1n) is 12.2. The van der Waals surface area contributed by atoms with Gasteiger partial charge in [0.1, 0.15) is 11.5 Å². The summed E-state index contributed by atoms with van der Waals surface area (Å²) in [6, 6.07) is 14.3. The van der Waals surface area contributed by atoms with Gasteiger partial charge in [0.25, 0.3) is 11.8 Å². The number of imide groups is 1. The van der Waals surface area contributed by atoms with Crippen LogP contribution >= 0.6 is 0 Å². The second-order valence-electron chi connectivity index (χ2n) is 8.34. The van der Waals surface area contributed by atoms with Crippen molar-refractivity contribution in [1.82, 2.24) is 9.80 Å². The van der Waals surface area contributed by atoms with Gasteiger partial charge in [0.15, 0.2) is 0 Å². The molecule has 0 unspecified atom stereocenters. The van der Waals surface area contributed by atoms with Crippen LogP contribution in [0.25, 0.3) is 11.4 Å². The van der Waals surface area contributed by atoms with Crippen LogP contribution in [0, 0.1) is 0 Å². The SMILES string of the molecule is C=C/C(=C\C=C/C)C(=O)N(C=O)/C(=C1/C(=O)N(CC)C(c2cccc(OC)c2)=C1C)c1cccc(OC)c1. The monoisotopic (exact) mass is 512 g/mol. The molecular formula is C31H32N2O5. The van der Waals surface area contributed by atoms with Crippen molar-refractivity contribution in [2.75, 3.05) is 20.8 Å². The minimum Gasteiger partial charge on any atom is -0.497 e. The zero-order chi connectivity index (χ0) is 27.8. The van der Waals surface area contributed by atoms with E-state index in [-0.39, 0.29) is 22.8 Å². The maximum absolute atomic E-state index is 14.0. The molecule has 0 aliphatic carbocycles. The summed E-state index contributed by atoms with van der Waals surface area (Å²) in [5.74, 6) is 0.223. The molecule has 2 aromatic carbocycles. The Hall–Kier alpha value is -4.65. The van der Waals surface area contributed by atoms with Crippen LogP contribution in [0.3, 0.4) is 0 Å². The first kappa shape index (κ1) is 27.9. The van der Waals surface area contributed by atoms with E-state index < -0.39 is 5.91 Å². The lowest BCUT2D eigenvalue weighted by molar-refractivity contribution is -0.131. The fourth-order valence-electron chi connectivity index (χ4n) is 4.38. The fourth-order valence-corrected chi connectivity index (χ4v) is 4.38. The Labute approximate surface area is 223 Å². The highest BCUT2D eigenvalue weighted by atomic mass is 16.5. The lowest BCUT2D eigenvalue weighted by Gasteiger charge is -2.23. The number of amides is 3. The standard InChI is InChI=1S/C31H32N2O5/c1-7-10-13-22(8-2)30(35)33(20-34)29(24-15-12-17-26(19-24)38-6)27-21(4)28(32(9-3)31(27)36)23-14-11-16-25(18-23)37-5/h7-8,10-20H,2,9H2,1,3-6H3/b10-7-,22-13+,29-27+. The Balaban J connectivity index is 2.40. The van der Waals surface area contributed by atoms with Crippen LogP contribution in [0.4, 0.5) is 0 Å². The quantitative estimate of drug-likeness (QED) is 0.243. The van der Waals surface area contributed by atoms with E-state index in [1.807, 2.05) is 45.0 Å². The number of nitrogens with zero attached hydrogens (tertiary/aromatic N) is 2. The van der Waals surface area contributed by atoms with Gasteiger partial charge in [-0.2, -0.15) is 0 Å². The van der Waals surface area contributed by atoms with Gasteiger partial charge in [-0.25, -0.2) is 4.90 Å². The van der Waals surface area contributed by atoms with Crippen LogP contribution in [0.5, 0.6) is 11.5 Å². The molecule has 3 amide bonds. The highest BCUT2D eigenvalue weighted by molar-refractivity contribution is 6.18. The van der Waals surface area contributed by atoms with E-state index >= 15 is 0 Å². The number of ether oxygens (including phenoxy) is 2. The third-order valence-electron chi connectivity index (χ3n) is 6.20. The minimum atomic E-state index is -0.614. The van der Waals surface area contributed by atoms with Crippen molar-refractivity contribution < 1.29 is 23.9 Å². The number of likely N-dealkylation sites (N-methyl/N-ethyl adjacent to an activating group) is 1. The van der Waals surface area contributed by atoms with Gasteiger partial charge < -0.3 is 14.4 Å². The third-order valence-corrected chi connectivity index (χ3v) is 6.20. The Morgan fingerprint density at radius 1 is 1.08 bits per heavy atom. The third kappa shape index (κ3) is 5.37. The predicted molar refractivity (Wildman–Crippen MR) is 149 cm³/mol. The van der Waals surface area contributed by atoms with Gasteiger partial charge in [-0.3, -0.25) is 14.4 Å². The lowest BCUT2D eigenvalue weighted by Crippen LogP contribution is -2.32. The van der Waals surface area contributed by atoms with Crippen molar-refractivity contribution in [3.05, 3.63) is 107 Å². The summed E-state index contributed by atoms with van der Waals surface area (Å²) in [6.45, 7) is 9.62. The number of carbonyl (C=O) groups is 3. The van der Waals surface area contributed by atoms with Gasteiger partial charge in [0, 0.05) is 23.2 Å². The summed E-state index contributed by atoms with van der Waals surface area (Å²) in [4.78, 5) is 42.8. The molecule has 3 rings (SSSR count). The van der Waals surface area contributed by atoms with Crippen molar-refractivity contribution in [2.45, 2.75) is 20.8 Å². The van der Waals surface area contributed by atoms with Crippen molar-refractivity contribution >= 4 is 29.6 Å². The van der Waals surface area contributed by atoms with Crippen LogP contribution in [0.15, 0.2) is 96.1 Å². The molecule has 0 N–H and O–H groups in total. The summed E-state index contributed by atoms with van der Waals surface area (Å²) in [7, 11) is 3.10. The first-order valence-corrected chi connectivity index (χ1v) is 12.2. The molecule has 0 fully saturated rings. The Bertz CT molecular complexity index is 1380. The van der Waals surface area contributed by atoms with Crippen molar-refractivity contribution in [1.29, 1.82) is 0 Å². The van der Waals surface area contributed by atoms with E-state index in [0.717, 1.165) is 10.5 Å². The molecule has 196 valence electrons. The predicted octanol–water partition coefficient (Wildman–Crippen LogP) is 5.38. The second-order valence-corrected chi connectivity index (χ2v) is 8.34. The molecule has 0 saturated carbocycles. The molecule has 1 aliphatic heterocycles. The molecule has 7 heteroatoms. The van der Waals surface area contributed by atoms with Crippen LogP contribution in [-0.4, -0.2) is 48.8 Å². The normalized spacial score (nSPS) is 15.1. The zero-order valence-electron chi connectivity index (χ0n) is 22.4. The summed E-state index contributed by atoms with van der Waals surface area (Å²) < 4.78 is 10.8. The van der Waals surface area contributed by atoms with E-state index in [9.17, 15) is 14.4 Å². The molecule has 0 aromatic heterocycles. The molecule has 1 aliphatic rings. The van der Waals surface area contributed by atoms with Crippen molar-refractivity contribution in [3.8, 4) is 11.5 Å².